The fourth-order valence-corrected chi connectivity index (χ4v) is 3.13. The normalized spacial score (nSPS) is 17.4. The topological polar surface area (TPSA) is 46.3 Å². The van der Waals surface area contributed by atoms with Crippen molar-refractivity contribution in [3.8, 4) is 0 Å². The molecule has 0 radical (unpaired) electrons. The van der Waals surface area contributed by atoms with Gasteiger partial charge >= 0.3 is 0 Å². The van der Waals surface area contributed by atoms with E-state index in [0.29, 0.717) is 6.54 Å². The predicted molar refractivity (Wildman–Crippen MR) is 89.7 cm³/mol. The number of hydrogen-bond donors (Lipinski definition) is 1. The quantitative estimate of drug-likeness (QED) is 0.696. The fraction of sp³-hybridized carbons (Fsp3) is 0.316. The number of nitrogens with two attached hydrogens (primary N) is 1. The number of nitrogens with zero attached hydrogens (tertiary/aromatic N) is 1. The van der Waals surface area contributed by atoms with Crippen molar-refractivity contribution in [3.63, 3.8) is 0 Å². The number of carbonyl (C=O) groups is 1. The van der Waals surface area contributed by atoms with Crippen molar-refractivity contribution in [2.24, 2.45) is 5.73 Å². The molecule has 0 fully saturated rings. The minimum Gasteiger partial charge on any atom is -0.327 e. The molecule has 2 N–H and O–H groups in total. The summed E-state index contributed by atoms with van der Waals surface area (Å²) < 4.78 is 0. The van der Waals surface area contributed by atoms with Gasteiger partial charge in [0.25, 0.3) is 0 Å². The zero-order valence-electron chi connectivity index (χ0n) is 12.7. The minimum absolute atomic E-state index is 0.232. The first-order chi connectivity index (χ1) is 10.8. The number of aryl methyl sites for hydroxylation is 1. The van der Waals surface area contributed by atoms with Crippen molar-refractivity contribution in [2.75, 3.05) is 4.90 Å². The zero-order valence-corrected chi connectivity index (χ0v) is 12.7. The molecule has 0 bridgehead atoms. The Morgan fingerprint density at radius 1 is 1.14 bits per heavy atom. The molecule has 0 spiro atoms. The number of benzene rings is 2. The molecule has 22 heavy (non-hydrogen) atoms. The third-order valence-corrected chi connectivity index (χ3v) is 4.35. The molecule has 1 atom stereocenters. The summed E-state index contributed by atoms with van der Waals surface area (Å²) in [6.07, 6.45) is 5.12. The number of hydrogen-bond acceptors (Lipinski definition) is 2. The summed E-state index contributed by atoms with van der Waals surface area (Å²) in [5, 5.41) is 0. The molecule has 3 heteroatoms. The van der Waals surface area contributed by atoms with Gasteiger partial charge < -0.3 is 10.6 Å². The van der Waals surface area contributed by atoms with Crippen molar-refractivity contribution < 1.29 is 4.79 Å². The summed E-state index contributed by atoms with van der Waals surface area (Å²) >= 11 is 0. The molecule has 1 amide bonds. The standard InChI is InChI=1S/C19H22N2O/c20-18-8-4-7-16-9-10-19(12-17(16)11-18)21(14-22)13-15-5-2-1-3-6-15/h1-3,5-6,9-10,12,14,18H,4,7-8,11,13,20H2. The van der Waals surface area contributed by atoms with Crippen LogP contribution in [0.5, 0.6) is 0 Å². The lowest BCUT2D eigenvalue weighted by molar-refractivity contribution is -0.107. The number of fused-ring (bicyclic) bond motifs is 1. The molecule has 3 nitrogen and oxygen atoms in total. The van der Waals surface area contributed by atoms with Crippen LogP contribution in [0, 0.1) is 0 Å². The van der Waals surface area contributed by atoms with Gasteiger partial charge in [0.05, 0.1) is 6.54 Å². The third kappa shape index (κ3) is 3.37. The van der Waals surface area contributed by atoms with Crippen molar-refractivity contribution in [3.05, 3.63) is 65.2 Å². The molecule has 2 aromatic rings. The molecule has 0 saturated carbocycles. The number of rotatable bonds is 4. The fourth-order valence-electron chi connectivity index (χ4n) is 3.13. The van der Waals surface area contributed by atoms with E-state index in [1.54, 1.807) is 4.90 Å². The molecule has 2 aromatic carbocycles. The second kappa shape index (κ2) is 6.75. The van der Waals surface area contributed by atoms with Crippen molar-refractivity contribution in [2.45, 2.75) is 38.3 Å². The average molecular weight is 294 g/mol. The molecule has 3 rings (SSSR count). The third-order valence-electron chi connectivity index (χ3n) is 4.35. The van der Waals surface area contributed by atoms with Crippen LogP contribution in [-0.2, 0) is 24.2 Å². The summed E-state index contributed by atoms with van der Waals surface area (Å²) in [6, 6.07) is 16.6. The molecular weight excluding hydrogens is 272 g/mol. The molecule has 0 heterocycles. The van der Waals surface area contributed by atoms with Gasteiger partial charge in [0, 0.05) is 11.7 Å². The Morgan fingerprint density at radius 3 is 2.73 bits per heavy atom. The van der Waals surface area contributed by atoms with Gasteiger partial charge in [0.2, 0.25) is 6.41 Å². The number of amides is 1. The van der Waals surface area contributed by atoms with Gasteiger partial charge in [-0.1, -0.05) is 36.4 Å². The molecule has 1 aliphatic rings. The molecule has 1 aliphatic carbocycles. The van der Waals surface area contributed by atoms with Gasteiger partial charge in [-0.05, 0) is 54.5 Å². The van der Waals surface area contributed by atoms with Gasteiger partial charge in [0.15, 0.2) is 0 Å². The van der Waals surface area contributed by atoms with Crippen LogP contribution in [0.2, 0.25) is 0 Å². The summed E-state index contributed by atoms with van der Waals surface area (Å²) in [6.45, 7) is 0.592. The second-order valence-corrected chi connectivity index (χ2v) is 6.03. The lowest BCUT2D eigenvalue weighted by Gasteiger charge is -2.20. The Labute approximate surface area is 131 Å². The number of anilines is 1. The molecular formula is C19H22N2O. The maximum absolute atomic E-state index is 11.5. The SMILES string of the molecule is NC1CCCc2ccc(N(C=O)Cc3ccccc3)cc2C1. The predicted octanol–water partition coefficient (Wildman–Crippen LogP) is 3.06. The summed E-state index contributed by atoms with van der Waals surface area (Å²) in [7, 11) is 0. The first-order valence-corrected chi connectivity index (χ1v) is 7.89. The largest absolute Gasteiger partial charge is 0.327 e. The molecule has 0 aliphatic heterocycles. The summed E-state index contributed by atoms with van der Waals surface area (Å²) in [4.78, 5) is 13.3. The van der Waals surface area contributed by atoms with Crippen molar-refractivity contribution in [1.29, 1.82) is 0 Å². The van der Waals surface area contributed by atoms with Gasteiger partial charge in [-0.3, -0.25) is 4.79 Å². The Bertz CT molecular complexity index is 639. The Morgan fingerprint density at radius 2 is 1.95 bits per heavy atom. The van der Waals surface area contributed by atoms with Crippen LogP contribution in [0.15, 0.2) is 48.5 Å². The average Bonchev–Trinajstić information content (AvgIpc) is 2.73. The highest BCUT2D eigenvalue weighted by atomic mass is 16.1. The maximum Gasteiger partial charge on any atom is 0.214 e. The number of carbonyl (C=O) groups excluding carboxylic acids is 1. The van der Waals surface area contributed by atoms with Crippen LogP contribution < -0.4 is 10.6 Å². The van der Waals surface area contributed by atoms with Crippen LogP contribution in [0.1, 0.15) is 29.5 Å². The van der Waals surface area contributed by atoms with E-state index in [1.807, 2.05) is 36.4 Å². The lowest BCUT2D eigenvalue weighted by atomic mass is 10.0. The van der Waals surface area contributed by atoms with E-state index in [9.17, 15) is 4.79 Å². The van der Waals surface area contributed by atoms with Gasteiger partial charge in [-0.15, -0.1) is 0 Å². The van der Waals surface area contributed by atoms with Crippen LogP contribution in [-0.4, -0.2) is 12.5 Å². The van der Waals surface area contributed by atoms with E-state index >= 15 is 0 Å². The Hall–Kier alpha value is -2.13. The van der Waals surface area contributed by atoms with E-state index in [-0.39, 0.29) is 6.04 Å². The summed E-state index contributed by atoms with van der Waals surface area (Å²) in [5.41, 5.74) is 10.9. The van der Waals surface area contributed by atoms with Crippen LogP contribution in [0.4, 0.5) is 5.69 Å². The highest BCUT2D eigenvalue weighted by Crippen LogP contribution is 2.25. The smallest absolute Gasteiger partial charge is 0.214 e. The van der Waals surface area contributed by atoms with E-state index in [4.69, 9.17) is 5.73 Å². The Balaban J connectivity index is 1.85. The van der Waals surface area contributed by atoms with Crippen molar-refractivity contribution in [1.82, 2.24) is 0 Å². The Kier molecular flexibility index (Phi) is 4.54. The first-order valence-electron chi connectivity index (χ1n) is 7.89. The summed E-state index contributed by atoms with van der Waals surface area (Å²) in [5.74, 6) is 0. The molecule has 0 aromatic heterocycles. The van der Waals surface area contributed by atoms with E-state index in [1.165, 1.54) is 11.1 Å². The van der Waals surface area contributed by atoms with Crippen LogP contribution in [0.3, 0.4) is 0 Å². The van der Waals surface area contributed by atoms with Gasteiger partial charge in [0.1, 0.15) is 0 Å². The monoisotopic (exact) mass is 294 g/mol. The second-order valence-electron chi connectivity index (χ2n) is 6.03. The van der Waals surface area contributed by atoms with E-state index in [2.05, 4.69) is 12.1 Å². The zero-order chi connectivity index (χ0) is 15.4. The minimum atomic E-state index is 0.232. The van der Waals surface area contributed by atoms with Crippen LogP contribution >= 0.6 is 0 Å². The maximum atomic E-state index is 11.5. The highest BCUT2D eigenvalue weighted by Gasteiger charge is 2.15. The molecule has 1 unspecified atom stereocenters. The lowest BCUT2D eigenvalue weighted by Crippen LogP contribution is -2.22. The van der Waals surface area contributed by atoms with Crippen LogP contribution in [0.25, 0.3) is 0 Å². The van der Waals surface area contributed by atoms with E-state index < -0.39 is 0 Å². The first kappa shape index (κ1) is 14.8. The van der Waals surface area contributed by atoms with Gasteiger partial charge in [-0.25, -0.2) is 0 Å². The van der Waals surface area contributed by atoms with E-state index in [0.717, 1.165) is 43.3 Å². The molecule has 114 valence electrons. The molecule has 0 saturated heterocycles. The van der Waals surface area contributed by atoms with Gasteiger partial charge in [-0.2, -0.15) is 0 Å². The highest BCUT2D eigenvalue weighted by molar-refractivity contribution is 5.75. The van der Waals surface area contributed by atoms with Crippen molar-refractivity contribution >= 4 is 12.1 Å².